The number of aryl methyl sites for hydroxylation is 1. The smallest absolute Gasteiger partial charge is 0.241 e. The first kappa shape index (κ1) is 21.7. The first-order chi connectivity index (χ1) is 15.1. The lowest BCUT2D eigenvalue weighted by molar-refractivity contribution is -0.121. The standard InChI is InChI=1S/C25H30N4OS/c1-3-24-26-21(18-31-24)17-28-13-15-29(16-14-28)19(2)25(30)27-23-12-8-7-11-22(23)20-9-5-4-6-10-20/h4-12,18-19H,3,13-17H2,1-2H3,(H,27,30)/t19-/m1/s1. The molecule has 3 aromatic rings. The van der Waals surface area contributed by atoms with Crippen LogP contribution in [0, 0.1) is 0 Å². The molecule has 1 amide bonds. The van der Waals surface area contributed by atoms with Crippen LogP contribution >= 0.6 is 11.3 Å². The molecule has 1 saturated heterocycles. The fourth-order valence-corrected chi connectivity index (χ4v) is 4.72. The minimum Gasteiger partial charge on any atom is -0.324 e. The summed E-state index contributed by atoms with van der Waals surface area (Å²) >= 11 is 1.75. The Morgan fingerprint density at radius 3 is 2.48 bits per heavy atom. The van der Waals surface area contributed by atoms with E-state index in [0.717, 1.165) is 56.0 Å². The van der Waals surface area contributed by atoms with Gasteiger partial charge in [-0.2, -0.15) is 0 Å². The zero-order chi connectivity index (χ0) is 21.6. The highest BCUT2D eigenvalue weighted by Gasteiger charge is 2.26. The summed E-state index contributed by atoms with van der Waals surface area (Å²) in [6.07, 6.45) is 0.998. The molecule has 162 valence electrons. The first-order valence-corrected chi connectivity index (χ1v) is 11.9. The van der Waals surface area contributed by atoms with Gasteiger partial charge in [0, 0.05) is 49.4 Å². The van der Waals surface area contributed by atoms with E-state index < -0.39 is 0 Å². The molecule has 1 N–H and O–H groups in total. The van der Waals surface area contributed by atoms with Crippen LogP contribution in [-0.2, 0) is 17.8 Å². The predicted octanol–water partition coefficient (Wildman–Crippen LogP) is 4.52. The van der Waals surface area contributed by atoms with Crippen LogP contribution in [0.5, 0.6) is 0 Å². The molecule has 2 heterocycles. The number of hydrogen-bond donors (Lipinski definition) is 1. The predicted molar refractivity (Wildman–Crippen MR) is 128 cm³/mol. The summed E-state index contributed by atoms with van der Waals surface area (Å²) in [6, 6.07) is 18.0. The van der Waals surface area contributed by atoms with E-state index in [9.17, 15) is 4.79 Å². The Kier molecular flexibility index (Phi) is 7.12. The highest BCUT2D eigenvalue weighted by atomic mass is 32.1. The molecule has 0 bridgehead atoms. The van der Waals surface area contributed by atoms with Gasteiger partial charge < -0.3 is 5.32 Å². The molecule has 4 rings (SSSR count). The summed E-state index contributed by atoms with van der Waals surface area (Å²) in [7, 11) is 0. The molecule has 1 fully saturated rings. The van der Waals surface area contributed by atoms with E-state index in [1.165, 1.54) is 10.7 Å². The van der Waals surface area contributed by atoms with Crippen molar-refractivity contribution < 1.29 is 4.79 Å². The summed E-state index contributed by atoms with van der Waals surface area (Å²) < 4.78 is 0. The highest BCUT2D eigenvalue weighted by Crippen LogP contribution is 2.28. The molecule has 1 aliphatic rings. The number of carbonyl (C=O) groups is 1. The third kappa shape index (κ3) is 5.39. The van der Waals surface area contributed by atoms with Crippen LogP contribution < -0.4 is 5.32 Å². The second kappa shape index (κ2) is 10.2. The number of aromatic nitrogens is 1. The molecule has 0 unspecified atom stereocenters. The maximum Gasteiger partial charge on any atom is 0.241 e. The minimum absolute atomic E-state index is 0.0453. The lowest BCUT2D eigenvalue weighted by Crippen LogP contribution is -2.52. The normalized spacial score (nSPS) is 16.2. The number of carbonyl (C=O) groups excluding carboxylic acids is 1. The van der Waals surface area contributed by atoms with Gasteiger partial charge >= 0.3 is 0 Å². The quantitative estimate of drug-likeness (QED) is 0.594. The Morgan fingerprint density at radius 1 is 1.06 bits per heavy atom. The van der Waals surface area contributed by atoms with Crippen LogP contribution in [0.4, 0.5) is 5.69 Å². The highest BCUT2D eigenvalue weighted by molar-refractivity contribution is 7.09. The number of hydrogen-bond acceptors (Lipinski definition) is 5. The molecule has 6 heteroatoms. The van der Waals surface area contributed by atoms with Crippen LogP contribution in [-0.4, -0.2) is 52.9 Å². The molecule has 0 spiro atoms. The van der Waals surface area contributed by atoms with E-state index in [4.69, 9.17) is 0 Å². The van der Waals surface area contributed by atoms with Crippen molar-refractivity contribution in [3.05, 3.63) is 70.7 Å². The fourth-order valence-electron chi connectivity index (χ4n) is 3.99. The van der Waals surface area contributed by atoms with Gasteiger partial charge in [0.1, 0.15) is 0 Å². The number of nitrogens with one attached hydrogen (secondary N) is 1. The van der Waals surface area contributed by atoms with Crippen molar-refractivity contribution in [3.8, 4) is 11.1 Å². The van der Waals surface area contributed by atoms with Crippen molar-refractivity contribution in [1.82, 2.24) is 14.8 Å². The van der Waals surface area contributed by atoms with E-state index >= 15 is 0 Å². The van der Waals surface area contributed by atoms with E-state index in [2.05, 4.69) is 50.6 Å². The average Bonchev–Trinajstić information content (AvgIpc) is 3.27. The number of thiazole rings is 1. The van der Waals surface area contributed by atoms with Gasteiger partial charge in [0.05, 0.1) is 16.7 Å². The molecule has 0 aliphatic carbocycles. The van der Waals surface area contributed by atoms with Crippen LogP contribution in [0.15, 0.2) is 60.0 Å². The molecular weight excluding hydrogens is 404 g/mol. The number of para-hydroxylation sites is 1. The number of benzene rings is 2. The third-order valence-corrected chi connectivity index (χ3v) is 6.93. The largest absolute Gasteiger partial charge is 0.324 e. The monoisotopic (exact) mass is 434 g/mol. The van der Waals surface area contributed by atoms with Crippen molar-refractivity contribution in [2.45, 2.75) is 32.9 Å². The zero-order valence-electron chi connectivity index (χ0n) is 18.3. The first-order valence-electron chi connectivity index (χ1n) is 11.0. The third-order valence-electron chi connectivity index (χ3n) is 5.89. The number of amides is 1. The maximum atomic E-state index is 13.0. The van der Waals surface area contributed by atoms with E-state index in [1.807, 2.05) is 43.3 Å². The van der Waals surface area contributed by atoms with Gasteiger partial charge in [0.15, 0.2) is 0 Å². The number of anilines is 1. The molecular formula is C25H30N4OS. The summed E-state index contributed by atoms with van der Waals surface area (Å²) in [4.78, 5) is 22.4. The lowest BCUT2D eigenvalue weighted by atomic mass is 10.0. The van der Waals surface area contributed by atoms with Gasteiger partial charge in [-0.25, -0.2) is 4.98 Å². The molecule has 2 aromatic carbocycles. The topological polar surface area (TPSA) is 48.5 Å². The van der Waals surface area contributed by atoms with Crippen LogP contribution in [0.3, 0.4) is 0 Å². The molecule has 1 aliphatic heterocycles. The van der Waals surface area contributed by atoms with Gasteiger partial charge in [-0.05, 0) is 25.0 Å². The summed E-state index contributed by atoms with van der Waals surface area (Å²) in [5.41, 5.74) is 4.18. The maximum absolute atomic E-state index is 13.0. The summed E-state index contributed by atoms with van der Waals surface area (Å²) in [6.45, 7) is 8.74. The fraction of sp³-hybridized carbons (Fsp3) is 0.360. The van der Waals surface area contributed by atoms with Crippen molar-refractivity contribution >= 4 is 22.9 Å². The molecule has 5 nitrogen and oxygen atoms in total. The van der Waals surface area contributed by atoms with Gasteiger partial charge in [-0.3, -0.25) is 14.6 Å². The van der Waals surface area contributed by atoms with Crippen molar-refractivity contribution in [2.24, 2.45) is 0 Å². The van der Waals surface area contributed by atoms with Gasteiger partial charge in [0.2, 0.25) is 5.91 Å². The van der Waals surface area contributed by atoms with Gasteiger partial charge in [-0.15, -0.1) is 11.3 Å². The van der Waals surface area contributed by atoms with Gasteiger partial charge in [0.25, 0.3) is 0 Å². The molecule has 0 saturated carbocycles. The van der Waals surface area contributed by atoms with Crippen molar-refractivity contribution in [2.75, 3.05) is 31.5 Å². The molecule has 0 radical (unpaired) electrons. The van der Waals surface area contributed by atoms with E-state index in [0.29, 0.717) is 0 Å². The van der Waals surface area contributed by atoms with Crippen LogP contribution in [0.2, 0.25) is 0 Å². The Bertz CT molecular complexity index is 996. The number of rotatable bonds is 7. The van der Waals surface area contributed by atoms with Crippen LogP contribution in [0.1, 0.15) is 24.5 Å². The molecule has 31 heavy (non-hydrogen) atoms. The number of nitrogens with zero attached hydrogens (tertiary/aromatic N) is 3. The lowest BCUT2D eigenvalue weighted by Gasteiger charge is -2.37. The van der Waals surface area contributed by atoms with Gasteiger partial charge in [-0.1, -0.05) is 55.5 Å². The Labute approximate surface area is 188 Å². The zero-order valence-corrected chi connectivity index (χ0v) is 19.1. The SMILES string of the molecule is CCc1nc(CN2CCN([C@H](C)C(=O)Nc3ccccc3-c3ccccc3)CC2)cs1. The van der Waals surface area contributed by atoms with Crippen LogP contribution in [0.25, 0.3) is 11.1 Å². The Morgan fingerprint density at radius 2 is 1.77 bits per heavy atom. The Balaban J connectivity index is 1.33. The van der Waals surface area contributed by atoms with Crippen molar-refractivity contribution in [1.29, 1.82) is 0 Å². The average molecular weight is 435 g/mol. The van der Waals surface area contributed by atoms with E-state index in [-0.39, 0.29) is 11.9 Å². The number of piperazine rings is 1. The second-order valence-corrected chi connectivity index (χ2v) is 8.92. The molecule has 1 aromatic heterocycles. The van der Waals surface area contributed by atoms with E-state index in [1.54, 1.807) is 11.3 Å². The summed E-state index contributed by atoms with van der Waals surface area (Å²) in [5, 5.41) is 6.54. The van der Waals surface area contributed by atoms with Crippen molar-refractivity contribution in [3.63, 3.8) is 0 Å². The second-order valence-electron chi connectivity index (χ2n) is 7.98. The molecule has 1 atom stereocenters. The Hall–Kier alpha value is -2.54. The minimum atomic E-state index is -0.169. The summed E-state index contributed by atoms with van der Waals surface area (Å²) in [5.74, 6) is 0.0453.